The summed E-state index contributed by atoms with van der Waals surface area (Å²) < 4.78 is 0. The van der Waals surface area contributed by atoms with Gasteiger partial charge in [-0.15, -0.1) is 0 Å². The number of alkyl halides is 1. The molecule has 0 aliphatic carbocycles. The van der Waals surface area contributed by atoms with E-state index in [0.717, 1.165) is 5.33 Å². The van der Waals surface area contributed by atoms with Gasteiger partial charge in [0.1, 0.15) is 0 Å². The van der Waals surface area contributed by atoms with Crippen molar-refractivity contribution in [2.75, 3.05) is 5.33 Å². The Labute approximate surface area is 118 Å². The predicted molar refractivity (Wildman–Crippen MR) is 83.2 cm³/mol. The summed E-state index contributed by atoms with van der Waals surface area (Å²) in [5.41, 5.74) is 4.18. The molecule has 0 fully saturated rings. The third kappa shape index (κ3) is 3.71. The number of aryl methyl sites for hydroxylation is 1. The molecule has 0 saturated carbocycles. The molecule has 0 nitrogen and oxygen atoms in total. The average molecular weight is 303 g/mol. The molecular formula is C17H19Br. The maximum Gasteiger partial charge on any atom is 0.00313 e. The number of hydrogen-bond donors (Lipinski definition) is 0. The van der Waals surface area contributed by atoms with Gasteiger partial charge in [-0.05, 0) is 36.0 Å². The highest BCUT2D eigenvalue weighted by molar-refractivity contribution is 9.09. The van der Waals surface area contributed by atoms with Crippen LogP contribution in [-0.4, -0.2) is 5.33 Å². The summed E-state index contributed by atoms with van der Waals surface area (Å²) in [4.78, 5) is 0. The molecule has 0 aliphatic rings. The van der Waals surface area contributed by atoms with Gasteiger partial charge in [-0.1, -0.05) is 76.9 Å². The fourth-order valence-corrected chi connectivity index (χ4v) is 2.62. The van der Waals surface area contributed by atoms with Gasteiger partial charge in [0, 0.05) is 5.33 Å². The van der Waals surface area contributed by atoms with Crippen LogP contribution in [0.5, 0.6) is 0 Å². The molecule has 0 amide bonds. The van der Waals surface area contributed by atoms with Crippen LogP contribution in [0.3, 0.4) is 0 Å². The summed E-state index contributed by atoms with van der Waals surface area (Å²) in [6.07, 6.45) is 5.02. The van der Waals surface area contributed by atoms with Crippen LogP contribution >= 0.6 is 15.9 Å². The van der Waals surface area contributed by atoms with Gasteiger partial charge in [-0.25, -0.2) is 0 Å². The van der Waals surface area contributed by atoms with E-state index < -0.39 is 0 Å². The normalized spacial score (nSPS) is 10.5. The van der Waals surface area contributed by atoms with Crippen LogP contribution in [0.4, 0.5) is 0 Å². The average Bonchev–Trinajstić information content (AvgIpc) is 2.45. The van der Waals surface area contributed by atoms with Crippen molar-refractivity contribution in [1.29, 1.82) is 0 Å². The summed E-state index contributed by atoms with van der Waals surface area (Å²) in [5, 5.41) is 1.12. The second-order valence-electron chi connectivity index (χ2n) is 4.52. The number of halogens is 1. The molecule has 0 bridgehead atoms. The first kappa shape index (κ1) is 13.4. The zero-order chi connectivity index (χ0) is 12.6. The SMILES string of the molecule is BrCCCCCc1ccccc1-c1ccccc1. The zero-order valence-electron chi connectivity index (χ0n) is 10.6. The lowest BCUT2D eigenvalue weighted by molar-refractivity contribution is 0.725. The standard InChI is InChI=1S/C17H19Br/c18-14-8-2-5-11-16-12-6-7-13-17(16)15-9-3-1-4-10-15/h1,3-4,6-7,9-10,12-13H,2,5,8,11,14H2. The van der Waals surface area contributed by atoms with Gasteiger partial charge < -0.3 is 0 Å². The molecule has 0 atom stereocenters. The van der Waals surface area contributed by atoms with Gasteiger partial charge in [0.25, 0.3) is 0 Å². The Hall–Kier alpha value is -1.08. The van der Waals surface area contributed by atoms with Crippen LogP contribution in [0.2, 0.25) is 0 Å². The molecule has 0 aliphatic heterocycles. The molecule has 2 aromatic carbocycles. The summed E-state index contributed by atoms with van der Waals surface area (Å²) in [6, 6.07) is 19.4. The van der Waals surface area contributed by atoms with Crippen molar-refractivity contribution in [3.8, 4) is 11.1 Å². The topological polar surface area (TPSA) is 0 Å². The van der Waals surface area contributed by atoms with Gasteiger partial charge in [-0.3, -0.25) is 0 Å². The quantitative estimate of drug-likeness (QED) is 0.491. The van der Waals surface area contributed by atoms with Crippen LogP contribution < -0.4 is 0 Å². The van der Waals surface area contributed by atoms with Gasteiger partial charge in [-0.2, -0.15) is 0 Å². The fraction of sp³-hybridized carbons (Fsp3) is 0.294. The Morgan fingerprint density at radius 3 is 2.22 bits per heavy atom. The second kappa shape index (κ2) is 7.38. The van der Waals surface area contributed by atoms with Crippen molar-refractivity contribution >= 4 is 15.9 Å². The molecule has 2 rings (SSSR count). The number of rotatable bonds is 6. The molecule has 0 heterocycles. The molecule has 0 N–H and O–H groups in total. The van der Waals surface area contributed by atoms with Crippen molar-refractivity contribution in [2.24, 2.45) is 0 Å². The maximum absolute atomic E-state index is 3.49. The lowest BCUT2D eigenvalue weighted by atomic mass is 9.96. The third-order valence-corrected chi connectivity index (χ3v) is 3.74. The molecule has 0 spiro atoms. The van der Waals surface area contributed by atoms with Crippen molar-refractivity contribution in [3.63, 3.8) is 0 Å². The van der Waals surface area contributed by atoms with Crippen molar-refractivity contribution < 1.29 is 0 Å². The minimum Gasteiger partial charge on any atom is -0.0928 e. The second-order valence-corrected chi connectivity index (χ2v) is 5.32. The van der Waals surface area contributed by atoms with Crippen molar-refractivity contribution in [2.45, 2.75) is 25.7 Å². The predicted octanol–water partition coefficient (Wildman–Crippen LogP) is 5.46. The monoisotopic (exact) mass is 302 g/mol. The lowest BCUT2D eigenvalue weighted by Gasteiger charge is -2.09. The minimum absolute atomic E-state index is 1.12. The number of unbranched alkanes of at least 4 members (excludes halogenated alkanes) is 2. The van der Waals surface area contributed by atoms with Crippen LogP contribution in [0, 0.1) is 0 Å². The summed E-state index contributed by atoms with van der Waals surface area (Å²) in [6.45, 7) is 0. The van der Waals surface area contributed by atoms with E-state index in [0.29, 0.717) is 0 Å². The fourth-order valence-electron chi connectivity index (χ4n) is 2.22. The van der Waals surface area contributed by atoms with Crippen molar-refractivity contribution in [1.82, 2.24) is 0 Å². The van der Waals surface area contributed by atoms with Gasteiger partial charge in [0.15, 0.2) is 0 Å². The molecule has 0 unspecified atom stereocenters. The van der Waals surface area contributed by atoms with Crippen LogP contribution in [0.15, 0.2) is 54.6 Å². The van der Waals surface area contributed by atoms with E-state index in [2.05, 4.69) is 70.5 Å². The summed E-state index contributed by atoms with van der Waals surface area (Å²) in [7, 11) is 0. The Balaban J connectivity index is 2.11. The zero-order valence-corrected chi connectivity index (χ0v) is 12.2. The molecule has 2 aromatic rings. The first-order valence-corrected chi connectivity index (χ1v) is 7.73. The van der Waals surface area contributed by atoms with Gasteiger partial charge in [0.2, 0.25) is 0 Å². The Kier molecular flexibility index (Phi) is 5.47. The molecule has 0 radical (unpaired) electrons. The Bertz CT molecular complexity index is 462. The highest BCUT2D eigenvalue weighted by atomic mass is 79.9. The molecule has 18 heavy (non-hydrogen) atoms. The molecule has 0 saturated heterocycles. The molecule has 0 aromatic heterocycles. The number of benzene rings is 2. The first-order valence-electron chi connectivity index (χ1n) is 6.61. The summed E-state index contributed by atoms with van der Waals surface area (Å²) in [5.74, 6) is 0. The molecular weight excluding hydrogens is 284 g/mol. The van der Waals surface area contributed by atoms with Crippen LogP contribution in [0.25, 0.3) is 11.1 Å². The van der Waals surface area contributed by atoms with E-state index in [9.17, 15) is 0 Å². The summed E-state index contributed by atoms with van der Waals surface area (Å²) >= 11 is 3.49. The number of hydrogen-bond acceptors (Lipinski definition) is 0. The first-order chi connectivity index (χ1) is 8.92. The largest absolute Gasteiger partial charge is 0.0928 e. The lowest BCUT2D eigenvalue weighted by Crippen LogP contribution is -1.90. The van der Waals surface area contributed by atoms with Crippen molar-refractivity contribution in [3.05, 3.63) is 60.2 Å². The highest BCUT2D eigenvalue weighted by Crippen LogP contribution is 2.24. The maximum atomic E-state index is 3.49. The third-order valence-electron chi connectivity index (χ3n) is 3.18. The van der Waals surface area contributed by atoms with E-state index in [1.807, 2.05) is 0 Å². The Morgan fingerprint density at radius 2 is 1.44 bits per heavy atom. The molecule has 94 valence electrons. The van der Waals surface area contributed by atoms with E-state index in [1.165, 1.54) is 42.4 Å². The van der Waals surface area contributed by atoms with E-state index in [4.69, 9.17) is 0 Å². The Morgan fingerprint density at radius 1 is 0.722 bits per heavy atom. The van der Waals surface area contributed by atoms with E-state index in [1.54, 1.807) is 0 Å². The van der Waals surface area contributed by atoms with Gasteiger partial charge >= 0.3 is 0 Å². The van der Waals surface area contributed by atoms with Crippen LogP contribution in [-0.2, 0) is 6.42 Å². The van der Waals surface area contributed by atoms with Crippen LogP contribution in [0.1, 0.15) is 24.8 Å². The van der Waals surface area contributed by atoms with E-state index >= 15 is 0 Å². The van der Waals surface area contributed by atoms with Gasteiger partial charge in [0.05, 0.1) is 0 Å². The van der Waals surface area contributed by atoms with E-state index in [-0.39, 0.29) is 0 Å². The smallest absolute Gasteiger partial charge is 0.00313 e. The minimum atomic E-state index is 1.12. The highest BCUT2D eigenvalue weighted by Gasteiger charge is 2.03. The molecule has 1 heteroatoms.